The number of ether oxygens (including phenoxy) is 1. The quantitative estimate of drug-likeness (QED) is 0.570. The Bertz CT molecular complexity index is 1100. The molecule has 33 heavy (non-hydrogen) atoms. The SMILES string of the molecule is NS(=O)(=O)C(CCOc1ccc2c(c1)C(Cc1cccc(F)c1)C(CN1CCC1)C2)C1CC1. The molecular formula is C26H33FN2O3S. The lowest BCUT2D eigenvalue weighted by molar-refractivity contribution is 0.145. The van der Waals surface area contributed by atoms with Crippen molar-refractivity contribution in [3.8, 4) is 5.75 Å². The number of primary sulfonamides is 1. The summed E-state index contributed by atoms with van der Waals surface area (Å²) in [5.74, 6) is 1.57. The molecule has 178 valence electrons. The summed E-state index contributed by atoms with van der Waals surface area (Å²) in [6, 6.07) is 13.2. The molecule has 1 aliphatic heterocycles. The van der Waals surface area contributed by atoms with Crippen LogP contribution in [0.1, 0.15) is 48.3 Å². The molecule has 3 unspecified atom stereocenters. The first-order valence-corrected chi connectivity index (χ1v) is 13.7. The van der Waals surface area contributed by atoms with Gasteiger partial charge in [0.15, 0.2) is 0 Å². The van der Waals surface area contributed by atoms with Crippen molar-refractivity contribution in [2.75, 3.05) is 26.2 Å². The van der Waals surface area contributed by atoms with Crippen LogP contribution < -0.4 is 9.88 Å². The molecule has 1 saturated heterocycles. The van der Waals surface area contributed by atoms with Gasteiger partial charge in [0, 0.05) is 6.54 Å². The third kappa shape index (κ3) is 5.42. The highest BCUT2D eigenvalue weighted by Gasteiger charge is 2.38. The monoisotopic (exact) mass is 472 g/mol. The van der Waals surface area contributed by atoms with Crippen molar-refractivity contribution in [3.05, 3.63) is 65.0 Å². The van der Waals surface area contributed by atoms with Gasteiger partial charge < -0.3 is 9.64 Å². The zero-order chi connectivity index (χ0) is 23.0. The molecule has 0 amide bonds. The Morgan fingerprint density at radius 3 is 2.64 bits per heavy atom. The van der Waals surface area contributed by atoms with Gasteiger partial charge in [-0.05, 0) is 110 Å². The molecule has 2 N–H and O–H groups in total. The summed E-state index contributed by atoms with van der Waals surface area (Å²) in [6.45, 7) is 3.74. The van der Waals surface area contributed by atoms with E-state index >= 15 is 0 Å². The number of fused-ring (bicyclic) bond motifs is 1. The highest BCUT2D eigenvalue weighted by atomic mass is 32.2. The van der Waals surface area contributed by atoms with Gasteiger partial charge in [-0.3, -0.25) is 0 Å². The number of rotatable bonds is 10. The maximum Gasteiger partial charge on any atom is 0.212 e. The van der Waals surface area contributed by atoms with Crippen LogP contribution in [-0.2, 0) is 22.9 Å². The Morgan fingerprint density at radius 2 is 1.97 bits per heavy atom. The standard InChI is InChI=1S/C26H33FN2O3S/c27-22-4-1-3-18(13-22)14-24-21(17-29-10-2-11-29)15-20-7-8-23(16-25(20)24)32-12-9-26(19-5-6-19)33(28,30)31/h1,3-4,7-8,13,16,19,21,24,26H,2,5-6,9-12,14-15,17H2,(H2,28,30,31). The summed E-state index contributed by atoms with van der Waals surface area (Å²) in [7, 11) is -3.54. The van der Waals surface area contributed by atoms with Crippen LogP contribution in [0.5, 0.6) is 5.75 Å². The fraction of sp³-hybridized carbons (Fsp3) is 0.538. The van der Waals surface area contributed by atoms with Gasteiger partial charge in [0.1, 0.15) is 11.6 Å². The van der Waals surface area contributed by atoms with E-state index in [1.807, 2.05) is 12.1 Å². The molecule has 5 rings (SSSR count). The van der Waals surface area contributed by atoms with Crippen molar-refractivity contribution >= 4 is 10.0 Å². The predicted molar refractivity (Wildman–Crippen MR) is 127 cm³/mol. The van der Waals surface area contributed by atoms with Gasteiger partial charge >= 0.3 is 0 Å². The summed E-state index contributed by atoms with van der Waals surface area (Å²) in [5.41, 5.74) is 3.65. The van der Waals surface area contributed by atoms with Gasteiger partial charge in [-0.1, -0.05) is 18.2 Å². The Hall–Kier alpha value is -1.96. The van der Waals surface area contributed by atoms with E-state index in [4.69, 9.17) is 9.88 Å². The summed E-state index contributed by atoms with van der Waals surface area (Å²) in [5, 5.41) is 4.93. The van der Waals surface area contributed by atoms with E-state index in [2.05, 4.69) is 17.0 Å². The maximum atomic E-state index is 13.8. The normalized spacial score (nSPS) is 23.7. The molecule has 2 aliphatic carbocycles. The number of halogens is 1. The van der Waals surface area contributed by atoms with Crippen molar-refractivity contribution in [1.82, 2.24) is 4.90 Å². The number of hydrogen-bond acceptors (Lipinski definition) is 4. The van der Waals surface area contributed by atoms with Crippen molar-refractivity contribution in [1.29, 1.82) is 0 Å². The fourth-order valence-corrected chi connectivity index (χ4v) is 6.82. The Morgan fingerprint density at radius 1 is 1.15 bits per heavy atom. The number of likely N-dealkylation sites (tertiary alicyclic amines) is 1. The molecule has 0 radical (unpaired) electrons. The first-order chi connectivity index (χ1) is 15.9. The Kier molecular flexibility index (Phi) is 6.47. The molecule has 2 aromatic rings. The second-order valence-corrected chi connectivity index (χ2v) is 11.8. The largest absolute Gasteiger partial charge is 0.494 e. The molecule has 0 bridgehead atoms. The van der Waals surface area contributed by atoms with E-state index in [9.17, 15) is 12.8 Å². The van der Waals surface area contributed by atoms with Crippen LogP contribution >= 0.6 is 0 Å². The van der Waals surface area contributed by atoms with Gasteiger partial charge in [-0.2, -0.15) is 0 Å². The minimum absolute atomic E-state index is 0.182. The van der Waals surface area contributed by atoms with Crippen LogP contribution in [0.2, 0.25) is 0 Å². The number of nitrogens with zero attached hydrogens (tertiary/aromatic N) is 1. The highest BCUT2D eigenvalue weighted by molar-refractivity contribution is 7.89. The van der Waals surface area contributed by atoms with Crippen LogP contribution in [-0.4, -0.2) is 44.8 Å². The molecule has 7 heteroatoms. The first-order valence-electron chi connectivity index (χ1n) is 12.1. The van der Waals surface area contributed by atoms with Crippen molar-refractivity contribution < 1.29 is 17.5 Å². The van der Waals surface area contributed by atoms with Gasteiger partial charge in [-0.25, -0.2) is 17.9 Å². The predicted octanol–water partition coefficient (Wildman–Crippen LogP) is 3.87. The molecule has 2 fully saturated rings. The molecule has 2 aromatic carbocycles. The number of benzene rings is 2. The van der Waals surface area contributed by atoms with E-state index in [-0.39, 0.29) is 11.7 Å². The zero-order valence-corrected chi connectivity index (χ0v) is 19.8. The van der Waals surface area contributed by atoms with Gasteiger partial charge in [0.05, 0.1) is 11.9 Å². The second kappa shape index (κ2) is 9.35. The van der Waals surface area contributed by atoms with Crippen LogP contribution in [0, 0.1) is 17.7 Å². The lowest BCUT2D eigenvalue weighted by Gasteiger charge is -2.35. The van der Waals surface area contributed by atoms with Crippen LogP contribution in [0.25, 0.3) is 0 Å². The topological polar surface area (TPSA) is 72.6 Å². The van der Waals surface area contributed by atoms with Crippen molar-refractivity contribution in [2.24, 2.45) is 17.0 Å². The lowest BCUT2D eigenvalue weighted by atomic mass is 9.86. The van der Waals surface area contributed by atoms with Crippen LogP contribution in [0.15, 0.2) is 42.5 Å². The molecule has 0 aromatic heterocycles. The summed E-state index contributed by atoms with van der Waals surface area (Å²) in [6.07, 6.45) is 5.39. The van der Waals surface area contributed by atoms with E-state index in [1.165, 1.54) is 36.7 Å². The minimum atomic E-state index is -3.54. The second-order valence-electron chi connectivity index (χ2n) is 10.0. The van der Waals surface area contributed by atoms with E-state index in [1.54, 1.807) is 12.1 Å². The average molecular weight is 473 g/mol. The summed E-state index contributed by atoms with van der Waals surface area (Å²) < 4.78 is 43.6. The van der Waals surface area contributed by atoms with Gasteiger partial charge in [-0.15, -0.1) is 0 Å². The molecule has 3 aliphatic rings. The first kappa shape index (κ1) is 22.8. The smallest absolute Gasteiger partial charge is 0.212 e. The van der Waals surface area contributed by atoms with E-state index < -0.39 is 15.3 Å². The lowest BCUT2D eigenvalue weighted by Crippen LogP contribution is -2.41. The summed E-state index contributed by atoms with van der Waals surface area (Å²) in [4.78, 5) is 2.51. The van der Waals surface area contributed by atoms with Crippen LogP contribution in [0.4, 0.5) is 4.39 Å². The molecular weight excluding hydrogens is 439 g/mol. The van der Waals surface area contributed by atoms with E-state index in [0.29, 0.717) is 24.9 Å². The molecule has 5 nitrogen and oxygen atoms in total. The molecule has 0 spiro atoms. The fourth-order valence-electron chi connectivity index (χ4n) is 5.58. The zero-order valence-electron chi connectivity index (χ0n) is 19.0. The Labute approximate surface area is 196 Å². The molecule has 1 heterocycles. The number of hydrogen-bond donors (Lipinski definition) is 1. The van der Waals surface area contributed by atoms with Gasteiger partial charge in [0.2, 0.25) is 10.0 Å². The minimum Gasteiger partial charge on any atom is -0.494 e. The maximum absolute atomic E-state index is 13.8. The van der Waals surface area contributed by atoms with Crippen LogP contribution in [0.3, 0.4) is 0 Å². The molecule has 1 saturated carbocycles. The number of nitrogens with two attached hydrogens (primary N) is 1. The summed E-state index contributed by atoms with van der Waals surface area (Å²) >= 11 is 0. The van der Waals surface area contributed by atoms with E-state index in [0.717, 1.165) is 43.5 Å². The third-order valence-electron chi connectivity index (χ3n) is 7.59. The number of sulfonamides is 1. The van der Waals surface area contributed by atoms with Gasteiger partial charge in [0.25, 0.3) is 0 Å². The Balaban J connectivity index is 1.31. The third-order valence-corrected chi connectivity index (χ3v) is 9.06. The van der Waals surface area contributed by atoms with Crippen molar-refractivity contribution in [2.45, 2.75) is 49.7 Å². The van der Waals surface area contributed by atoms with Crippen molar-refractivity contribution in [3.63, 3.8) is 0 Å². The highest BCUT2D eigenvalue weighted by Crippen LogP contribution is 2.43. The molecule has 3 atom stereocenters. The average Bonchev–Trinajstić information content (AvgIpc) is 3.50.